The lowest BCUT2D eigenvalue weighted by Gasteiger charge is -2.21. The molecule has 0 radical (unpaired) electrons. The monoisotopic (exact) mass is 456 g/mol. The van der Waals surface area contributed by atoms with E-state index in [0.717, 1.165) is 11.1 Å². The van der Waals surface area contributed by atoms with Gasteiger partial charge in [-0.3, -0.25) is 19.6 Å². The molecule has 0 saturated carbocycles. The average molecular weight is 456 g/mol. The molecule has 2 aromatic rings. The van der Waals surface area contributed by atoms with Gasteiger partial charge in [0.1, 0.15) is 23.0 Å². The van der Waals surface area contributed by atoms with Crippen molar-refractivity contribution in [1.29, 1.82) is 0 Å². The van der Waals surface area contributed by atoms with Crippen molar-refractivity contribution in [3.63, 3.8) is 0 Å². The number of carbonyl (C=O) groups excluding carboxylic acids is 2. The maximum Gasteiger partial charge on any atom is 0.433 e. The summed E-state index contributed by atoms with van der Waals surface area (Å²) in [6.45, 7) is 1.49. The second-order valence-corrected chi connectivity index (χ2v) is 9.02. The number of amides is 2. The molecular weight excluding hydrogens is 441 g/mol. The van der Waals surface area contributed by atoms with Crippen LogP contribution in [0.15, 0.2) is 29.3 Å². The molecule has 0 bridgehead atoms. The van der Waals surface area contributed by atoms with Gasteiger partial charge in [-0.25, -0.2) is 18.2 Å². The van der Waals surface area contributed by atoms with E-state index in [1.54, 1.807) is 0 Å². The lowest BCUT2D eigenvalue weighted by Crippen LogP contribution is -2.29. The molecule has 0 unspecified atom stereocenters. The Balaban J connectivity index is 1.82. The number of fused-ring (bicyclic) bond motifs is 1. The predicted molar refractivity (Wildman–Crippen MR) is 100 cm³/mol. The number of ether oxygens (including phenoxy) is 1. The molecule has 2 aliphatic heterocycles. The summed E-state index contributed by atoms with van der Waals surface area (Å²) >= 11 is 0. The zero-order valence-corrected chi connectivity index (χ0v) is 16.8. The largest absolute Gasteiger partial charge is 0.447 e. The minimum Gasteiger partial charge on any atom is -0.447 e. The fraction of sp³-hybridized carbons (Fsp3) is 0.333. The zero-order chi connectivity index (χ0) is 22.6. The van der Waals surface area contributed by atoms with Crippen LogP contribution in [0.4, 0.5) is 29.6 Å². The lowest BCUT2D eigenvalue weighted by molar-refractivity contribution is -0.141. The third kappa shape index (κ3) is 3.58. The molecule has 31 heavy (non-hydrogen) atoms. The highest BCUT2D eigenvalue weighted by Gasteiger charge is 2.39. The van der Waals surface area contributed by atoms with Crippen LogP contribution in [0.3, 0.4) is 0 Å². The van der Waals surface area contributed by atoms with Crippen LogP contribution in [0.2, 0.25) is 0 Å². The Morgan fingerprint density at radius 1 is 1.19 bits per heavy atom. The maximum atomic E-state index is 13.0. The quantitative estimate of drug-likeness (QED) is 0.695. The third-order valence-electron chi connectivity index (χ3n) is 4.91. The molecule has 2 aromatic heterocycles. The smallest absolute Gasteiger partial charge is 0.433 e. The first-order chi connectivity index (χ1) is 14.5. The summed E-state index contributed by atoms with van der Waals surface area (Å²) in [5, 5.41) is 0. The minimum atomic E-state index is -4.74. The molecule has 0 spiro atoms. The van der Waals surface area contributed by atoms with Crippen molar-refractivity contribution in [1.82, 2.24) is 9.97 Å². The van der Waals surface area contributed by atoms with E-state index in [9.17, 15) is 31.2 Å². The van der Waals surface area contributed by atoms with E-state index in [4.69, 9.17) is 4.74 Å². The molecule has 4 rings (SSSR count). The zero-order valence-electron chi connectivity index (χ0n) is 16.0. The van der Waals surface area contributed by atoms with Gasteiger partial charge in [0.2, 0.25) is 0 Å². The van der Waals surface area contributed by atoms with Crippen LogP contribution in [0.1, 0.15) is 28.5 Å². The standard InChI is InChI=1S/C18H15F3N4O5S/c1-2-31(28,29)12-3-4-14(24-5-6-30-17(24)27)23-15(12)25-9-10-8-22-13(18(19,20)21)7-11(10)16(25)26/h3-4,7-8H,2,5-6,9H2,1H3. The Labute approximate surface area is 174 Å². The number of nitrogens with zero attached hydrogens (tertiary/aromatic N) is 4. The van der Waals surface area contributed by atoms with E-state index in [-0.39, 0.29) is 53.1 Å². The summed E-state index contributed by atoms with van der Waals surface area (Å²) in [4.78, 5) is 34.2. The number of halogens is 3. The number of carbonyl (C=O) groups is 2. The number of sulfone groups is 1. The first-order valence-corrected chi connectivity index (χ1v) is 10.7. The summed E-state index contributed by atoms with van der Waals surface area (Å²) in [6.07, 6.45) is -4.49. The highest BCUT2D eigenvalue weighted by Crippen LogP contribution is 2.36. The van der Waals surface area contributed by atoms with Crippen LogP contribution in [0.25, 0.3) is 0 Å². The summed E-state index contributed by atoms with van der Waals surface area (Å²) in [7, 11) is -3.85. The molecule has 2 aliphatic rings. The van der Waals surface area contributed by atoms with Gasteiger partial charge in [-0.05, 0) is 18.2 Å². The number of cyclic esters (lactones) is 1. The molecule has 0 N–H and O–H groups in total. The van der Waals surface area contributed by atoms with Gasteiger partial charge in [0.15, 0.2) is 15.7 Å². The van der Waals surface area contributed by atoms with Crippen LogP contribution in [-0.4, -0.2) is 49.3 Å². The summed E-state index contributed by atoms with van der Waals surface area (Å²) in [5.41, 5.74) is -1.27. The molecule has 1 saturated heterocycles. The highest BCUT2D eigenvalue weighted by molar-refractivity contribution is 7.91. The molecule has 164 valence electrons. The van der Waals surface area contributed by atoms with Crippen LogP contribution >= 0.6 is 0 Å². The Morgan fingerprint density at radius 3 is 2.55 bits per heavy atom. The van der Waals surface area contributed by atoms with E-state index in [2.05, 4.69) is 9.97 Å². The van der Waals surface area contributed by atoms with Crippen molar-refractivity contribution in [3.05, 3.63) is 41.2 Å². The van der Waals surface area contributed by atoms with E-state index < -0.39 is 33.7 Å². The second kappa shape index (κ2) is 7.18. The predicted octanol–water partition coefficient (Wildman–Crippen LogP) is 2.41. The highest BCUT2D eigenvalue weighted by atomic mass is 32.2. The van der Waals surface area contributed by atoms with Gasteiger partial charge in [-0.1, -0.05) is 6.92 Å². The van der Waals surface area contributed by atoms with Gasteiger partial charge in [-0.15, -0.1) is 0 Å². The molecule has 1 fully saturated rings. The third-order valence-corrected chi connectivity index (χ3v) is 6.66. The second-order valence-electron chi connectivity index (χ2n) is 6.78. The minimum absolute atomic E-state index is 0.0606. The molecule has 4 heterocycles. The van der Waals surface area contributed by atoms with Crippen LogP contribution in [0.5, 0.6) is 0 Å². The number of alkyl halides is 3. The van der Waals surface area contributed by atoms with Crippen molar-refractivity contribution < 1.29 is 35.9 Å². The molecular formula is C18H15F3N4O5S. The fourth-order valence-corrected chi connectivity index (χ4v) is 4.31. The van der Waals surface area contributed by atoms with Crippen LogP contribution < -0.4 is 9.80 Å². The number of hydrogen-bond donors (Lipinski definition) is 0. The van der Waals surface area contributed by atoms with Gasteiger partial charge >= 0.3 is 12.3 Å². The Kier molecular flexibility index (Phi) is 4.87. The van der Waals surface area contributed by atoms with Crippen LogP contribution in [0, 0.1) is 0 Å². The first kappa shape index (κ1) is 21.0. The van der Waals surface area contributed by atoms with Crippen molar-refractivity contribution in [2.24, 2.45) is 0 Å². The van der Waals surface area contributed by atoms with E-state index in [0.29, 0.717) is 6.07 Å². The number of rotatable bonds is 4. The number of pyridine rings is 2. The van der Waals surface area contributed by atoms with Crippen molar-refractivity contribution in [2.75, 3.05) is 28.7 Å². The Hall–Kier alpha value is -3.22. The van der Waals surface area contributed by atoms with E-state index >= 15 is 0 Å². The molecule has 0 atom stereocenters. The summed E-state index contributed by atoms with van der Waals surface area (Å²) in [5.74, 6) is -1.34. The fourth-order valence-electron chi connectivity index (χ4n) is 3.29. The molecule has 9 nitrogen and oxygen atoms in total. The van der Waals surface area contributed by atoms with Gasteiger partial charge in [-0.2, -0.15) is 13.2 Å². The molecule has 0 aliphatic carbocycles. The van der Waals surface area contributed by atoms with Crippen molar-refractivity contribution in [3.8, 4) is 0 Å². The van der Waals surface area contributed by atoms with Crippen LogP contribution in [-0.2, 0) is 27.3 Å². The Morgan fingerprint density at radius 2 is 1.94 bits per heavy atom. The molecule has 0 aromatic carbocycles. The first-order valence-electron chi connectivity index (χ1n) is 9.09. The summed E-state index contributed by atoms with van der Waals surface area (Å²) < 4.78 is 69.1. The van der Waals surface area contributed by atoms with Crippen molar-refractivity contribution in [2.45, 2.75) is 24.5 Å². The van der Waals surface area contributed by atoms with E-state index in [1.165, 1.54) is 24.0 Å². The van der Waals surface area contributed by atoms with Gasteiger partial charge in [0.25, 0.3) is 5.91 Å². The summed E-state index contributed by atoms with van der Waals surface area (Å²) in [6, 6.07) is 3.17. The Bertz CT molecular complexity index is 1200. The van der Waals surface area contributed by atoms with E-state index in [1.807, 2.05) is 0 Å². The molecule has 2 amide bonds. The van der Waals surface area contributed by atoms with Crippen molar-refractivity contribution >= 4 is 33.5 Å². The number of aromatic nitrogens is 2. The van der Waals surface area contributed by atoms with Gasteiger partial charge in [0, 0.05) is 17.3 Å². The average Bonchev–Trinajstić information content (AvgIpc) is 3.30. The van der Waals surface area contributed by atoms with Gasteiger partial charge < -0.3 is 4.74 Å². The number of anilines is 2. The SMILES string of the molecule is CCS(=O)(=O)c1ccc(N2CCOC2=O)nc1N1Cc2cnc(C(F)(F)F)cc2C1=O. The van der Waals surface area contributed by atoms with Gasteiger partial charge in [0.05, 0.1) is 18.8 Å². The molecule has 13 heteroatoms. The lowest BCUT2D eigenvalue weighted by atomic mass is 10.1. The maximum absolute atomic E-state index is 13.0. The topological polar surface area (TPSA) is 110 Å². The normalized spacial score (nSPS) is 16.6. The number of hydrogen-bond acceptors (Lipinski definition) is 7.